The lowest BCUT2D eigenvalue weighted by atomic mass is 9.98. The highest BCUT2D eigenvalue weighted by atomic mass is 16.5. The summed E-state index contributed by atoms with van der Waals surface area (Å²) in [5.41, 5.74) is 0.831. The maximum atomic E-state index is 10.3. The van der Waals surface area contributed by atoms with E-state index >= 15 is 0 Å². The van der Waals surface area contributed by atoms with Crippen LogP contribution in [-0.2, 0) is 11.2 Å². The molecule has 19 heavy (non-hydrogen) atoms. The van der Waals surface area contributed by atoms with E-state index in [4.69, 9.17) is 9.84 Å². The molecule has 4 heteroatoms. The first-order chi connectivity index (χ1) is 9.02. The minimum atomic E-state index is -1.10. The molecule has 1 atom stereocenters. The van der Waals surface area contributed by atoms with Crippen LogP contribution >= 0.6 is 0 Å². The molecule has 1 aromatic carbocycles. The molecule has 2 N–H and O–H groups in total. The third kappa shape index (κ3) is 5.35. The van der Waals surface area contributed by atoms with Gasteiger partial charge >= 0.3 is 5.97 Å². The van der Waals surface area contributed by atoms with Crippen molar-refractivity contribution in [1.82, 2.24) is 0 Å². The third-order valence-electron chi connectivity index (χ3n) is 2.84. The summed E-state index contributed by atoms with van der Waals surface area (Å²) in [4.78, 5) is 10.3. The monoisotopic (exact) mass is 262 g/mol. The molecule has 0 bridgehead atoms. The number of hydrogen-bond acceptors (Lipinski definition) is 3. The van der Waals surface area contributed by atoms with E-state index < -0.39 is 5.97 Å². The molecule has 0 spiro atoms. The molecule has 1 aromatic rings. The number of benzene rings is 1. The molecule has 0 saturated carbocycles. The van der Waals surface area contributed by atoms with Gasteiger partial charge in [0.1, 0.15) is 11.5 Å². The van der Waals surface area contributed by atoms with Crippen molar-refractivity contribution in [3.63, 3.8) is 0 Å². The topological polar surface area (TPSA) is 66.8 Å². The Morgan fingerprint density at radius 3 is 2.84 bits per heavy atom. The van der Waals surface area contributed by atoms with Gasteiger partial charge in [-0.1, -0.05) is 12.8 Å². The Labute approximate surface area is 113 Å². The van der Waals surface area contributed by atoms with Gasteiger partial charge in [-0.05, 0) is 42.5 Å². The van der Waals surface area contributed by atoms with Crippen LogP contribution in [0.3, 0.4) is 0 Å². The normalized spacial score (nSPS) is 11.3. The van der Waals surface area contributed by atoms with Crippen molar-refractivity contribution in [2.24, 2.45) is 5.92 Å². The second kappa shape index (κ2) is 7.32. The zero-order valence-corrected chi connectivity index (χ0v) is 11.1. The standard InChI is InChI=1S/C15H18O4/c1-11(4-3-5-15(17)18)6-7-12-10-13(19-2)8-9-14(12)16/h8-11,16H,4,6-7H2,1-2H3,(H,17,18). The lowest BCUT2D eigenvalue weighted by Gasteiger charge is -2.10. The van der Waals surface area contributed by atoms with Crippen molar-refractivity contribution >= 4 is 5.97 Å². The Morgan fingerprint density at radius 1 is 1.47 bits per heavy atom. The van der Waals surface area contributed by atoms with Gasteiger partial charge in [-0.3, -0.25) is 0 Å². The van der Waals surface area contributed by atoms with Gasteiger partial charge in [0.25, 0.3) is 0 Å². The molecule has 102 valence electrons. The number of carbonyl (C=O) groups is 1. The van der Waals surface area contributed by atoms with Gasteiger partial charge in [0.05, 0.1) is 7.11 Å². The number of aromatic hydroxyl groups is 1. The van der Waals surface area contributed by atoms with E-state index in [0.29, 0.717) is 18.6 Å². The van der Waals surface area contributed by atoms with Crippen molar-refractivity contribution < 1.29 is 19.7 Å². The summed E-state index contributed by atoms with van der Waals surface area (Å²) >= 11 is 0. The molecule has 0 aliphatic rings. The Bertz CT molecular complexity index is 497. The molecule has 0 aliphatic carbocycles. The fourth-order valence-corrected chi connectivity index (χ4v) is 1.69. The predicted octanol–water partition coefficient (Wildman–Crippen LogP) is 2.45. The van der Waals surface area contributed by atoms with E-state index in [0.717, 1.165) is 12.0 Å². The number of phenols is 1. The first-order valence-electron chi connectivity index (χ1n) is 6.10. The summed E-state index contributed by atoms with van der Waals surface area (Å²) in [6.45, 7) is 2.01. The van der Waals surface area contributed by atoms with Crippen molar-refractivity contribution in [2.45, 2.75) is 26.2 Å². The molecule has 4 nitrogen and oxygen atoms in total. The third-order valence-corrected chi connectivity index (χ3v) is 2.84. The molecule has 1 unspecified atom stereocenters. The maximum absolute atomic E-state index is 10.3. The fraction of sp³-hybridized carbons (Fsp3) is 0.400. The van der Waals surface area contributed by atoms with Crippen molar-refractivity contribution in [3.05, 3.63) is 23.8 Å². The fourth-order valence-electron chi connectivity index (χ4n) is 1.69. The number of aryl methyl sites for hydroxylation is 1. The zero-order chi connectivity index (χ0) is 14.3. The van der Waals surface area contributed by atoms with Crippen molar-refractivity contribution in [2.75, 3.05) is 7.11 Å². The number of ether oxygens (including phenoxy) is 1. The molecular weight excluding hydrogens is 244 g/mol. The van der Waals surface area contributed by atoms with Gasteiger partial charge in [0, 0.05) is 12.3 Å². The summed E-state index contributed by atoms with van der Waals surface area (Å²) in [5.74, 6) is 4.87. The predicted molar refractivity (Wildman–Crippen MR) is 72.2 cm³/mol. The molecule has 0 heterocycles. The lowest BCUT2D eigenvalue weighted by molar-refractivity contribution is -0.130. The number of methoxy groups -OCH3 is 1. The Kier molecular flexibility index (Phi) is 5.74. The van der Waals surface area contributed by atoms with E-state index in [9.17, 15) is 9.90 Å². The second-order valence-corrected chi connectivity index (χ2v) is 4.45. The summed E-state index contributed by atoms with van der Waals surface area (Å²) in [5, 5.41) is 18.1. The number of rotatable bonds is 5. The second-order valence-electron chi connectivity index (χ2n) is 4.45. The average molecular weight is 262 g/mol. The summed E-state index contributed by atoms with van der Waals surface area (Å²) in [6.07, 6.45) is 2.07. The van der Waals surface area contributed by atoms with Crippen LogP contribution in [0.5, 0.6) is 11.5 Å². The zero-order valence-electron chi connectivity index (χ0n) is 11.1. The summed E-state index contributed by atoms with van der Waals surface area (Å²) in [6, 6.07) is 5.13. The minimum absolute atomic E-state index is 0.254. The molecule has 0 aromatic heterocycles. The lowest BCUT2D eigenvalue weighted by Crippen LogP contribution is -1.98. The van der Waals surface area contributed by atoms with Crippen molar-refractivity contribution in [3.8, 4) is 23.3 Å². The molecule has 0 aliphatic heterocycles. The molecule has 0 saturated heterocycles. The molecule has 1 rings (SSSR count). The highest BCUT2D eigenvalue weighted by Gasteiger charge is 2.06. The van der Waals surface area contributed by atoms with Crippen LogP contribution in [-0.4, -0.2) is 23.3 Å². The van der Waals surface area contributed by atoms with Crippen LogP contribution < -0.4 is 4.74 Å². The van der Waals surface area contributed by atoms with Gasteiger partial charge in [-0.2, -0.15) is 0 Å². The number of carboxylic acid groups (broad SMARTS) is 1. The van der Waals surface area contributed by atoms with E-state index in [-0.39, 0.29) is 11.7 Å². The summed E-state index contributed by atoms with van der Waals surface area (Å²) < 4.78 is 5.11. The number of phenolic OH excluding ortho intramolecular Hbond substituents is 1. The van der Waals surface area contributed by atoms with Gasteiger partial charge in [0.15, 0.2) is 0 Å². The molecule has 0 fully saturated rings. The first kappa shape index (κ1) is 14.9. The smallest absolute Gasteiger partial charge is 0.381 e. The van der Waals surface area contributed by atoms with E-state index in [1.54, 1.807) is 19.2 Å². The van der Waals surface area contributed by atoms with Crippen LogP contribution in [0.4, 0.5) is 0 Å². The van der Waals surface area contributed by atoms with Gasteiger partial charge in [-0.15, -0.1) is 0 Å². The quantitative estimate of drug-likeness (QED) is 0.800. The van der Waals surface area contributed by atoms with Gasteiger partial charge < -0.3 is 14.9 Å². The van der Waals surface area contributed by atoms with Gasteiger partial charge in [-0.25, -0.2) is 4.79 Å². The molecule has 0 amide bonds. The number of aliphatic carboxylic acids is 1. The first-order valence-corrected chi connectivity index (χ1v) is 6.10. The summed E-state index contributed by atoms with van der Waals surface area (Å²) in [7, 11) is 1.58. The van der Waals surface area contributed by atoms with E-state index in [2.05, 4.69) is 11.8 Å². The van der Waals surface area contributed by atoms with Crippen LogP contribution in [0.25, 0.3) is 0 Å². The Hall–Kier alpha value is -2.15. The average Bonchev–Trinajstić information content (AvgIpc) is 2.37. The van der Waals surface area contributed by atoms with Crippen molar-refractivity contribution in [1.29, 1.82) is 0 Å². The molecular formula is C15H18O4. The maximum Gasteiger partial charge on any atom is 0.381 e. The van der Waals surface area contributed by atoms with E-state index in [1.165, 1.54) is 0 Å². The van der Waals surface area contributed by atoms with Gasteiger partial charge in [0.2, 0.25) is 0 Å². The largest absolute Gasteiger partial charge is 0.508 e. The highest BCUT2D eigenvalue weighted by molar-refractivity contribution is 5.86. The number of hydrogen-bond donors (Lipinski definition) is 2. The van der Waals surface area contributed by atoms with Crippen LogP contribution in [0, 0.1) is 17.8 Å². The highest BCUT2D eigenvalue weighted by Crippen LogP contribution is 2.25. The van der Waals surface area contributed by atoms with Crippen LogP contribution in [0.15, 0.2) is 18.2 Å². The SMILES string of the molecule is COc1ccc(O)c(CCC(C)CC#CC(=O)O)c1. The van der Waals surface area contributed by atoms with Crippen LogP contribution in [0.2, 0.25) is 0 Å². The molecule has 0 radical (unpaired) electrons. The van der Waals surface area contributed by atoms with E-state index in [1.807, 2.05) is 13.0 Å². The Morgan fingerprint density at radius 2 is 2.21 bits per heavy atom. The minimum Gasteiger partial charge on any atom is -0.508 e. The number of carboxylic acids is 1. The van der Waals surface area contributed by atoms with Crippen LogP contribution in [0.1, 0.15) is 25.3 Å². The Balaban J connectivity index is 2.52.